The summed E-state index contributed by atoms with van der Waals surface area (Å²) in [5.74, 6) is 0. The van der Waals surface area contributed by atoms with Crippen molar-refractivity contribution in [3.05, 3.63) is 10.6 Å². The van der Waals surface area contributed by atoms with Crippen LogP contribution < -0.4 is 10.6 Å². The number of aryl methyl sites for hydroxylation is 1. The fourth-order valence-electron chi connectivity index (χ4n) is 2.52. The van der Waals surface area contributed by atoms with Crippen LogP contribution in [-0.4, -0.2) is 18.1 Å². The first-order chi connectivity index (χ1) is 7.75. The summed E-state index contributed by atoms with van der Waals surface area (Å²) in [6.07, 6.45) is 7.48. The highest BCUT2D eigenvalue weighted by atomic mass is 32.1. The fraction of sp³-hybridized carbons (Fsp3) is 0.750. The van der Waals surface area contributed by atoms with E-state index in [0.29, 0.717) is 0 Å². The third kappa shape index (κ3) is 1.64. The maximum absolute atomic E-state index is 6.13. The molecule has 1 aromatic rings. The van der Waals surface area contributed by atoms with E-state index >= 15 is 0 Å². The van der Waals surface area contributed by atoms with Gasteiger partial charge in [0.1, 0.15) is 0 Å². The van der Waals surface area contributed by atoms with Crippen molar-refractivity contribution in [2.75, 3.05) is 11.9 Å². The van der Waals surface area contributed by atoms with Gasteiger partial charge in [-0.1, -0.05) is 11.3 Å². The van der Waals surface area contributed by atoms with E-state index in [4.69, 9.17) is 10.7 Å². The van der Waals surface area contributed by atoms with E-state index in [2.05, 4.69) is 11.9 Å². The zero-order valence-electron chi connectivity index (χ0n) is 9.78. The number of aromatic nitrogens is 1. The summed E-state index contributed by atoms with van der Waals surface area (Å²) < 4.78 is 0. The van der Waals surface area contributed by atoms with E-state index in [1.807, 2.05) is 11.3 Å². The van der Waals surface area contributed by atoms with Gasteiger partial charge in [-0.05, 0) is 38.5 Å². The SMILES string of the molecule is CN(c1nc2c(s1)C(N)CCC2)C1CCC1. The lowest BCUT2D eigenvalue weighted by atomic mass is 9.92. The second-order valence-electron chi connectivity index (χ2n) is 5.00. The second kappa shape index (κ2) is 4.00. The predicted molar refractivity (Wildman–Crippen MR) is 68.0 cm³/mol. The van der Waals surface area contributed by atoms with Crippen LogP contribution in [0.1, 0.15) is 48.7 Å². The van der Waals surface area contributed by atoms with Crippen LogP contribution in [0.2, 0.25) is 0 Å². The summed E-state index contributed by atoms with van der Waals surface area (Å²) in [6.45, 7) is 0. The molecule has 4 heteroatoms. The number of nitrogens with two attached hydrogens (primary N) is 1. The lowest BCUT2D eigenvalue weighted by molar-refractivity contribution is 0.400. The van der Waals surface area contributed by atoms with Crippen molar-refractivity contribution in [1.29, 1.82) is 0 Å². The van der Waals surface area contributed by atoms with Gasteiger partial charge in [0.2, 0.25) is 0 Å². The molecule has 2 N–H and O–H groups in total. The molecule has 0 aliphatic heterocycles. The van der Waals surface area contributed by atoms with E-state index in [-0.39, 0.29) is 6.04 Å². The smallest absolute Gasteiger partial charge is 0.185 e. The Kier molecular flexibility index (Phi) is 2.64. The molecule has 0 bridgehead atoms. The molecule has 1 fully saturated rings. The molecular weight excluding hydrogens is 218 g/mol. The van der Waals surface area contributed by atoms with Crippen molar-refractivity contribution in [3.8, 4) is 0 Å². The Hall–Kier alpha value is -0.610. The average Bonchev–Trinajstić information content (AvgIpc) is 2.60. The van der Waals surface area contributed by atoms with Gasteiger partial charge in [0.15, 0.2) is 5.13 Å². The summed E-state index contributed by atoms with van der Waals surface area (Å²) in [5, 5.41) is 1.19. The highest BCUT2D eigenvalue weighted by Gasteiger charge is 2.27. The molecule has 0 spiro atoms. The molecule has 0 aromatic carbocycles. The summed E-state index contributed by atoms with van der Waals surface area (Å²) >= 11 is 1.82. The average molecular weight is 237 g/mol. The third-order valence-corrected chi connectivity index (χ3v) is 5.23. The summed E-state index contributed by atoms with van der Waals surface area (Å²) in [4.78, 5) is 8.47. The second-order valence-corrected chi connectivity index (χ2v) is 6.01. The van der Waals surface area contributed by atoms with Gasteiger partial charge >= 0.3 is 0 Å². The maximum Gasteiger partial charge on any atom is 0.185 e. The van der Waals surface area contributed by atoms with Gasteiger partial charge in [0.25, 0.3) is 0 Å². The maximum atomic E-state index is 6.13. The van der Waals surface area contributed by atoms with Crippen molar-refractivity contribution in [2.45, 2.75) is 50.6 Å². The molecular formula is C12H19N3S. The molecule has 1 aromatic heterocycles. The first-order valence-corrected chi connectivity index (χ1v) is 7.05. The molecule has 3 rings (SSSR count). The van der Waals surface area contributed by atoms with Crippen LogP contribution in [0, 0.1) is 0 Å². The monoisotopic (exact) mass is 237 g/mol. The topological polar surface area (TPSA) is 42.2 Å². The van der Waals surface area contributed by atoms with Crippen molar-refractivity contribution in [2.24, 2.45) is 5.73 Å². The van der Waals surface area contributed by atoms with Gasteiger partial charge < -0.3 is 10.6 Å². The van der Waals surface area contributed by atoms with Crippen LogP contribution in [0.3, 0.4) is 0 Å². The van der Waals surface area contributed by atoms with Crippen molar-refractivity contribution in [1.82, 2.24) is 4.98 Å². The summed E-state index contributed by atoms with van der Waals surface area (Å²) in [6, 6.07) is 0.966. The van der Waals surface area contributed by atoms with Gasteiger partial charge in [-0.3, -0.25) is 0 Å². The molecule has 2 aliphatic carbocycles. The Bertz CT molecular complexity index is 384. The van der Waals surface area contributed by atoms with Crippen LogP contribution in [0.15, 0.2) is 0 Å². The van der Waals surface area contributed by atoms with E-state index in [9.17, 15) is 0 Å². The van der Waals surface area contributed by atoms with Gasteiger partial charge in [-0.25, -0.2) is 4.98 Å². The Labute approximate surface area is 101 Å². The van der Waals surface area contributed by atoms with Crippen LogP contribution in [0.4, 0.5) is 5.13 Å². The minimum atomic E-state index is 0.241. The van der Waals surface area contributed by atoms with Crippen LogP contribution in [-0.2, 0) is 6.42 Å². The first kappa shape index (κ1) is 10.5. The van der Waals surface area contributed by atoms with Crippen molar-refractivity contribution >= 4 is 16.5 Å². The fourth-order valence-corrected chi connectivity index (χ4v) is 3.70. The molecule has 1 atom stereocenters. The van der Waals surface area contributed by atoms with Crippen LogP contribution in [0.5, 0.6) is 0 Å². The lowest BCUT2D eigenvalue weighted by Crippen LogP contribution is -2.37. The molecule has 1 unspecified atom stereocenters. The number of fused-ring (bicyclic) bond motifs is 1. The van der Waals surface area contributed by atoms with Crippen LogP contribution >= 0.6 is 11.3 Å². The zero-order valence-corrected chi connectivity index (χ0v) is 10.6. The molecule has 0 saturated heterocycles. The predicted octanol–water partition coefficient (Wildman–Crippen LogP) is 2.47. The minimum absolute atomic E-state index is 0.241. The Morgan fingerprint density at radius 3 is 2.75 bits per heavy atom. The normalized spacial score (nSPS) is 25.0. The Morgan fingerprint density at radius 1 is 1.31 bits per heavy atom. The number of hydrogen-bond donors (Lipinski definition) is 1. The number of rotatable bonds is 2. The standard InChI is InChI=1S/C12H19N3S/c1-15(8-4-2-5-8)12-14-10-7-3-6-9(13)11(10)16-12/h8-9H,2-7,13H2,1H3. The Morgan fingerprint density at radius 2 is 2.12 bits per heavy atom. The summed E-state index contributed by atoms with van der Waals surface area (Å²) in [5.41, 5.74) is 7.40. The Balaban J connectivity index is 1.85. The third-order valence-electron chi connectivity index (χ3n) is 3.91. The molecule has 2 aliphatic rings. The molecule has 0 amide bonds. The number of thiazole rings is 1. The molecule has 16 heavy (non-hydrogen) atoms. The van der Waals surface area contributed by atoms with E-state index in [1.165, 1.54) is 41.4 Å². The zero-order chi connectivity index (χ0) is 11.1. The number of anilines is 1. The summed E-state index contributed by atoms with van der Waals surface area (Å²) in [7, 11) is 2.18. The molecule has 1 heterocycles. The van der Waals surface area contributed by atoms with E-state index in [0.717, 1.165) is 18.9 Å². The van der Waals surface area contributed by atoms with Gasteiger partial charge in [-0.2, -0.15) is 0 Å². The van der Waals surface area contributed by atoms with Crippen LogP contribution in [0.25, 0.3) is 0 Å². The van der Waals surface area contributed by atoms with Crippen molar-refractivity contribution < 1.29 is 0 Å². The minimum Gasteiger partial charge on any atom is -0.348 e. The molecule has 88 valence electrons. The molecule has 1 saturated carbocycles. The molecule has 3 nitrogen and oxygen atoms in total. The van der Waals surface area contributed by atoms with E-state index < -0.39 is 0 Å². The lowest BCUT2D eigenvalue weighted by Gasteiger charge is -2.34. The van der Waals surface area contributed by atoms with E-state index in [1.54, 1.807) is 0 Å². The van der Waals surface area contributed by atoms with Gasteiger partial charge in [0, 0.05) is 24.0 Å². The van der Waals surface area contributed by atoms with Crippen molar-refractivity contribution in [3.63, 3.8) is 0 Å². The highest BCUT2D eigenvalue weighted by Crippen LogP contribution is 2.38. The van der Waals surface area contributed by atoms with Gasteiger partial charge in [0.05, 0.1) is 5.69 Å². The first-order valence-electron chi connectivity index (χ1n) is 6.23. The number of hydrogen-bond acceptors (Lipinski definition) is 4. The highest BCUT2D eigenvalue weighted by molar-refractivity contribution is 7.15. The van der Waals surface area contributed by atoms with Gasteiger partial charge in [-0.15, -0.1) is 0 Å². The number of nitrogens with zero attached hydrogens (tertiary/aromatic N) is 2. The largest absolute Gasteiger partial charge is 0.348 e. The molecule has 0 radical (unpaired) electrons. The quantitative estimate of drug-likeness (QED) is 0.859.